The first-order valence-corrected chi connectivity index (χ1v) is 8.84. The van der Waals surface area contributed by atoms with Gasteiger partial charge in [0, 0.05) is 11.1 Å². The summed E-state index contributed by atoms with van der Waals surface area (Å²) in [6.45, 7) is 2.09. The highest BCUT2D eigenvalue weighted by molar-refractivity contribution is 7.92. The predicted octanol–water partition coefficient (Wildman–Crippen LogP) is 2.36. The number of pyridine rings is 1. The smallest absolute Gasteiger partial charge is 0.234 e. The number of nitrogens with zero attached hydrogens (tertiary/aromatic N) is 1. The van der Waals surface area contributed by atoms with Gasteiger partial charge in [-0.25, -0.2) is 8.42 Å². The van der Waals surface area contributed by atoms with Crippen molar-refractivity contribution in [3.63, 3.8) is 0 Å². The van der Waals surface area contributed by atoms with Gasteiger partial charge in [-0.3, -0.25) is 4.98 Å². The SMILES string of the molecule is Cc1ccc(OCC#CCNS(=O)(=O)/C=C/c2ccccc2)cn1. The minimum Gasteiger partial charge on any atom is -0.479 e. The molecule has 1 heterocycles. The van der Waals surface area contributed by atoms with E-state index < -0.39 is 10.0 Å². The van der Waals surface area contributed by atoms with Crippen molar-refractivity contribution in [1.82, 2.24) is 9.71 Å². The Kier molecular flexibility index (Phi) is 6.55. The molecule has 5 nitrogen and oxygen atoms in total. The van der Waals surface area contributed by atoms with Gasteiger partial charge in [-0.05, 0) is 30.7 Å². The van der Waals surface area contributed by atoms with Crippen LogP contribution in [0.15, 0.2) is 54.1 Å². The van der Waals surface area contributed by atoms with E-state index in [0.717, 1.165) is 16.7 Å². The molecular weight excluding hydrogens is 324 g/mol. The minimum atomic E-state index is -3.51. The van der Waals surface area contributed by atoms with E-state index in [0.29, 0.717) is 5.75 Å². The number of benzene rings is 1. The number of sulfonamides is 1. The maximum atomic E-state index is 11.8. The molecule has 24 heavy (non-hydrogen) atoms. The van der Waals surface area contributed by atoms with Crippen molar-refractivity contribution in [2.75, 3.05) is 13.2 Å². The van der Waals surface area contributed by atoms with E-state index in [-0.39, 0.29) is 13.2 Å². The largest absolute Gasteiger partial charge is 0.479 e. The van der Waals surface area contributed by atoms with Gasteiger partial charge in [0.1, 0.15) is 12.4 Å². The molecular formula is C18H18N2O3S. The standard InChI is InChI=1S/C18H18N2O3S/c1-16-9-10-18(15-19-16)23-13-6-5-12-20-24(21,22)14-11-17-7-3-2-4-8-17/h2-4,7-11,14-15,20H,12-13H2,1H3/b14-11+. The topological polar surface area (TPSA) is 68.3 Å². The third-order valence-electron chi connectivity index (χ3n) is 2.92. The Morgan fingerprint density at radius 3 is 2.67 bits per heavy atom. The van der Waals surface area contributed by atoms with Crippen molar-refractivity contribution in [1.29, 1.82) is 0 Å². The van der Waals surface area contributed by atoms with Crippen LogP contribution in [0.3, 0.4) is 0 Å². The fourth-order valence-electron chi connectivity index (χ4n) is 1.69. The second-order valence-electron chi connectivity index (χ2n) is 4.86. The van der Waals surface area contributed by atoms with E-state index in [9.17, 15) is 8.42 Å². The molecule has 0 saturated heterocycles. The highest BCUT2D eigenvalue weighted by Crippen LogP contribution is 2.07. The lowest BCUT2D eigenvalue weighted by Crippen LogP contribution is -2.21. The number of hydrogen-bond donors (Lipinski definition) is 1. The lowest BCUT2D eigenvalue weighted by molar-refractivity contribution is 0.368. The molecule has 0 fully saturated rings. The summed E-state index contributed by atoms with van der Waals surface area (Å²) in [5.41, 5.74) is 1.72. The summed E-state index contributed by atoms with van der Waals surface area (Å²) in [6, 6.07) is 12.8. The number of aromatic nitrogens is 1. The van der Waals surface area contributed by atoms with Gasteiger partial charge in [0.2, 0.25) is 10.0 Å². The molecule has 0 saturated carbocycles. The maximum Gasteiger partial charge on any atom is 0.234 e. The third-order valence-corrected chi connectivity index (χ3v) is 3.96. The van der Waals surface area contributed by atoms with Crippen LogP contribution in [-0.2, 0) is 10.0 Å². The van der Waals surface area contributed by atoms with Crippen LogP contribution in [0, 0.1) is 18.8 Å². The molecule has 0 unspecified atom stereocenters. The van der Waals surface area contributed by atoms with E-state index >= 15 is 0 Å². The molecule has 0 aliphatic carbocycles. The van der Waals surface area contributed by atoms with Gasteiger partial charge >= 0.3 is 0 Å². The van der Waals surface area contributed by atoms with Crippen LogP contribution in [-0.4, -0.2) is 26.6 Å². The quantitative estimate of drug-likeness (QED) is 0.819. The van der Waals surface area contributed by atoms with Crippen molar-refractivity contribution in [3.8, 4) is 17.6 Å². The molecule has 1 N–H and O–H groups in total. The van der Waals surface area contributed by atoms with E-state index in [1.54, 1.807) is 12.3 Å². The highest BCUT2D eigenvalue weighted by Gasteiger charge is 2.02. The summed E-state index contributed by atoms with van der Waals surface area (Å²) in [7, 11) is -3.51. The number of hydrogen-bond acceptors (Lipinski definition) is 4. The Morgan fingerprint density at radius 1 is 1.17 bits per heavy atom. The number of nitrogens with one attached hydrogen (secondary N) is 1. The minimum absolute atomic E-state index is 0.0248. The zero-order chi connectivity index (χ0) is 17.3. The number of ether oxygens (including phenoxy) is 1. The fourth-order valence-corrected chi connectivity index (χ4v) is 2.40. The van der Waals surface area contributed by atoms with Crippen LogP contribution >= 0.6 is 0 Å². The first-order chi connectivity index (χ1) is 11.6. The predicted molar refractivity (Wildman–Crippen MR) is 94.6 cm³/mol. The summed E-state index contributed by atoms with van der Waals surface area (Å²) in [6.07, 6.45) is 3.15. The summed E-state index contributed by atoms with van der Waals surface area (Å²) in [4.78, 5) is 4.10. The van der Waals surface area contributed by atoms with Crippen molar-refractivity contribution in [2.45, 2.75) is 6.92 Å². The molecule has 0 radical (unpaired) electrons. The molecule has 2 rings (SSSR count). The van der Waals surface area contributed by atoms with Crippen LogP contribution in [0.1, 0.15) is 11.3 Å². The first-order valence-electron chi connectivity index (χ1n) is 7.29. The molecule has 0 bridgehead atoms. The van der Waals surface area contributed by atoms with Crippen LogP contribution in [0.4, 0.5) is 0 Å². The van der Waals surface area contributed by atoms with Crippen LogP contribution < -0.4 is 9.46 Å². The normalized spacial score (nSPS) is 11.0. The van der Waals surface area contributed by atoms with Gasteiger partial charge in [0.05, 0.1) is 12.7 Å². The Balaban J connectivity index is 1.75. The molecule has 0 amide bonds. The third kappa shape index (κ3) is 6.65. The highest BCUT2D eigenvalue weighted by atomic mass is 32.2. The van der Waals surface area contributed by atoms with Crippen molar-refractivity contribution in [2.24, 2.45) is 0 Å². The monoisotopic (exact) mass is 342 g/mol. The second kappa shape index (κ2) is 8.87. The van der Waals surface area contributed by atoms with Crippen LogP contribution in [0.2, 0.25) is 0 Å². The van der Waals surface area contributed by atoms with Gasteiger partial charge in [0.15, 0.2) is 0 Å². The average Bonchev–Trinajstić information content (AvgIpc) is 2.59. The Bertz CT molecular complexity index is 833. The number of rotatable bonds is 6. The van der Waals surface area contributed by atoms with Gasteiger partial charge in [-0.15, -0.1) is 0 Å². The summed E-state index contributed by atoms with van der Waals surface area (Å²) >= 11 is 0. The summed E-state index contributed by atoms with van der Waals surface area (Å²) in [5, 5.41) is 1.12. The zero-order valence-electron chi connectivity index (χ0n) is 13.3. The molecule has 0 aliphatic heterocycles. The van der Waals surface area contributed by atoms with Crippen LogP contribution in [0.25, 0.3) is 6.08 Å². The molecule has 6 heteroatoms. The van der Waals surface area contributed by atoms with E-state index in [1.807, 2.05) is 43.3 Å². The summed E-state index contributed by atoms with van der Waals surface area (Å²) in [5.74, 6) is 6.07. The van der Waals surface area contributed by atoms with Crippen molar-refractivity contribution in [3.05, 3.63) is 65.3 Å². The van der Waals surface area contributed by atoms with E-state index in [2.05, 4.69) is 21.5 Å². The van der Waals surface area contributed by atoms with Crippen molar-refractivity contribution < 1.29 is 13.2 Å². The zero-order valence-corrected chi connectivity index (χ0v) is 14.1. The number of aryl methyl sites for hydroxylation is 1. The van der Waals surface area contributed by atoms with Gasteiger partial charge in [-0.1, -0.05) is 42.2 Å². The maximum absolute atomic E-state index is 11.8. The lowest BCUT2D eigenvalue weighted by atomic mass is 10.2. The fraction of sp³-hybridized carbons (Fsp3) is 0.167. The Morgan fingerprint density at radius 2 is 1.96 bits per heavy atom. The lowest BCUT2D eigenvalue weighted by Gasteiger charge is -2.00. The van der Waals surface area contributed by atoms with Gasteiger partial charge in [-0.2, -0.15) is 4.72 Å². The Labute approximate surface area is 142 Å². The second-order valence-corrected chi connectivity index (χ2v) is 6.51. The van der Waals surface area contributed by atoms with Gasteiger partial charge < -0.3 is 4.74 Å². The van der Waals surface area contributed by atoms with E-state index in [1.165, 1.54) is 6.08 Å². The molecule has 1 aromatic heterocycles. The first kappa shape index (κ1) is 17.7. The molecule has 0 spiro atoms. The van der Waals surface area contributed by atoms with E-state index in [4.69, 9.17) is 4.74 Å². The van der Waals surface area contributed by atoms with Crippen LogP contribution in [0.5, 0.6) is 5.75 Å². The Hall–Kier alpha value is -2.62. The summed E-state index contributed by atoms with van der Waals surface area (Å²) < 4.78 is 31.3. The molecule has 124 valence electrons. The van der Waals surface area contributed by atoms with Crippen molar-refractivity contribution >= 4 is 16.1 Å². The van der Waals surface area contributed by atoms with Gasteiger partial charge in [0.25, 0.3) is 0 Å². The molecule has 0 atom stereocenters. The molecule has 2 aromatic rings. The molecule has 1 aromatic carbocycles. The average molecular weight is 342 g/mol. The molecule has 0 aliphatic rings.